The van der Waals surface area contributed by atoms with Crippen LogP contribution in [0, 0.1) is 5.92 Å². The summed E-state index contributed by atoms with van der Waals surface area (Å²) in [6, 6.07) is 5.88. The second kappa shape index (κ2) is 6.54. The van der Waals surface area contributed by atoms with Crippen molar-refractivity contribution in [1.82, 2.24) is 9.88 Å². The Hall–Kier alpha value is -1.72. The Morgan fingerprint density at radius 2 is 2.20 bits per heavy atom. The number of likely N-dealkylation sites (tertiary alicyclic amines) is 1. The number of thiophene rings is 1. The monoisotopic (exact) mass is 356 g/mol. The summed E-state index contributed by atoms with van der Waals surface area (Å²) in [5.41, 5.74) is 1.36. The second-order valence-corrected chi connectivity index (χ2v) is 8.61. The second-order valence-electron chi connectivity index (χ2n) is 7.47. The zero-order chi connectivity index (χ0) is 17.4. The number of aliphatic hydroxyl groups is 1. The van der Waals surface area contributed by atoms with Crippen LogP contribution in [-0.2, 0) is 18.4 Å². The molecule has 4 rings (SSSR count). The number of piperidine rings is 1. The van der Waals surface area contributed by atoms with Crippen LogP contribution in [0.3, 0.4) is 0 Å². The van der Waals surface area contributed by atoms with Gasteiger partial charge in [0.05, 0.1) is 10.5 Å². The molecule has 0 aromatic carbocycles. The summed E-state index contributed by atoms with van der Waals surface area (Å²) in [4.78, 5) is 21.2. The number of rotatable bonds is 2. The first-order chi connectivity index (χ1) is 12.0. The zero-order valence-corrected chi connectivity index (χ0v) is 15.4. The number of fused-ring (bicyclic) bond motifs is 1. The minimum Gasteiger partial charge on any atom is -0.385 e. The van der Waals surface area contributed by atoms with Crippen molar-refractivity contribution in [2.45, 2.75) is 44.6 Å². The Morgan fingerprint density at radius 3 is 2.92 bits per heavy atom. The van der Waals surface area contributed by atoms with Crippen LogP contribution in [0.25, 0.3) is 0 Å². The van der Waals surface area contributed by atoms with Gasteiger partial charge in [-0.3, -0.25) is 9.78 Å². The normalized spacial score (nSPS) is 22.5. The van der Waals surface area contributed by atoms with E-state index in [1.807, 2.05) is 17.0 Å². The van der Waals surface area contributed by atoms with Gasteiger partial charge >= 0.3 is 0 Å². The number of amides is 1. The Balaban J connectivity index is 1.45. The molecule has 3 heterocycles. The number of hydrogen-bond acceptors (Lipinski definition) is 4. The lowest BCUT2D eigenvalue weighted by atomic mass is 9.85. The van der Waals surface area contributed by atoms with Gasteiger partial charge in [-0.2, -0.15) is 0 Å². The Labute approximate surface area is 152 Å². The van der Waals surface area contributed by atoms with E-state index in [0.717, 1.165) is 29.2 Å². The molecule has 1 atom stereocenters. The third-order valence-electron chi connectivity index (χ3n) is 5.62. The molecule has 132 valence electrons. The van der Waals surface area contributed by atoms with E-state index in [2.05, 4.69) is 18.0 Å². The molecule has 2 aliphatic rings. The van der Waals surface area contributed by atoms with Gasteiger partial charge in [0.1, 0.15) is 0 Å². The van der Waals surface area contributed by atoms with Crippen molar-refractivity contribution in [3.63, 3.8) is 0 Å². The van der Waals surface area contributed by atoms with Gasteiger partial charge in [0.2, 0.25) is 0 Å². The number of aromatic nitrogens is 1. The minimum atomic E-state index is -0.866. The maximum atomic E-state index is 12.9. The largest absolute Gasteiger partial charge is 0.385 e. The molecule has 2 aromatic rings. The molecule has 1 aliphatic heterocycles. The number of nitrogens with zero attached hydrogens (tertiary/aromatic N) is 2. The fraction of sp³-hybridized carbons (Fsp3) is 0.500. The van der Waals surface area contributed by atoms with E-state index in [0.29, 0.717) is 25.9 Å². The average Bonchev–Trinajstić information content (AvgIpc) is 3.06. The van der Waals surface area contributed by atoms with Crippen LogP contribution in [0.5, 0.6) is 0 Å². The highest BCUT2D eigenvalue weighted by Gasteiger charge is 2.36. The predicted molar refractivity (Wildman–Crippen MR) is 98.8 cm³/mol. The van der Waals surface area contributed by atoms with E-state index < -0.39 is 5.60 Å². The molecule has 0 spiro atoms. The van der Waals surface area contributed by atoms with Crippen LogP contribution in [-0.4, -0.2) is 34.0 Å². The lowest BCUT2D eigenvalue weighted by Gasteiger charge is -2.38. The van der Waals surface area contributed by atoms with Crippen LogP contribution >= 0.6 is 11.3 Å². The van der Waals surface area contributed by atoms with Crippen LogP contribution in [0.4, 0.5) is 0 Å². The molecule has 0 saturated carbocycles. The maximum Gasteiger partial charge on any atom is 0.263 e. The summed E-state index contributed by atoms with van der Waals surface area (Å²) >= 11 is 1.67. The lowest BCUT2D eigenvalue weighted by Crippen LogP contribution is -2.45. The Kier molecular flexibility index (Phi) is 4.38. The van der Waals surface area contributed by atoms with Gasteiger partial charge in [0.25, 0.3) is 5.91 Å². The van der Waals surface area contributed by atoms with E-state index in [1.165, 1.54) is 16.9 Å². The number of carbonyl (C=O) groups is 1. The standard InChI is InChI=1S/C20H24N2O2S/c1-14-4-5-17-15(11-14)12-18(25-17)19(23)22-9-6-20(24,7-10-22)16-3-2-8-21-13-16/h2-3,8,12-14,24H,4-7,9-11H2,1H3. The van der Waals surface area contributed by atoms with E-state index in [4.69, 9.17) is 0 Å². The van der Waals surface area contributed by atoms with Crippen molar-refractivity contribution in [2.24, 2.45) is 5.92 Å². The first-order valence-corrected chi connectivity index (χ1v) is 9.90. The molecule has 1 fully saturated rings. The Morgan fingerprint density at radius 1 is 1.40 bits per heavy atom. The molecule has 2 aromatic heterocycles. The third kappa shape index (κ3) is 3.23. The van der Waals surface area contributed by atoms with E-state index >= 15 is 0 Å². The van der Waals surface area contributed by atoms with Gasteiger partial charge in [-0.15, -0.1) is 11.3 Å². The molecule has 1 amide bonds. The van der Waals surface area contributed by atoms with Crippen molar-refractivity contribution in [2.75, 3.05) is 13.1 Å². The summed E-state index contributed by atoms with van der Waals surface area (Å²) in [6.45, 7) is 3.46. The summed E-state index contributed by atoms with van der Waals surface area (Å²) in [7, 11) is 0. The first-order valence-electron chi connectivity index (χ1n) is 9.09. The smallest absolute Gasteiger partial charge is 0.263 e. The van der Waals surface area contributed by atoms with E-state index in [9.17, 15) is 9.90 Å². The van der Waals surface area contributed by atoms with Crippen LogP contribution in [0.15, 0.2) is 30.6 Å². The molecular weight excluding hydrogens is 332 g/mol. The predicted octanol–water partition coefficient (Wildman–Crippen LogP) is 3.39. The number of aryl methyl sites for hydroxylation is 1. The summed E-state index contributed by atoms with van der Waals surface area (Å²) in [5.74, 6) is 0.842. The van der Waals surface area contributed by atoms with Gasteiger partial charge < -0.3 is 10.0 Å². The molecule has 25 heavy (non-hydrogen) atoms. The highest BCUT2D eigenvalue weighted by atomic mass is 32.1. The van der Waals surface area contributed by atoms with Crippen molar-refractivity contribution in [3.8, 4) is 0 Å². The SMILES string of the molecule is CC1CCc2sc(C(=O)N3CCC(O)(c4cccnc4)CC3)cc2C1. The highest BCUT2D eigenvalue weighted by molar-refractivity contribution is 7.14. The number of pyridine rings is 1. The van der Waals surface area contributed by atoms with Crippen LogP contribution in [0.2, 0.25) is 0 Å². The topological polar surface area (TPSA) is 53.4 Å². The van der Waals surface area contributed by atoms with Crippen molar-refractivity contribution in [1.29, 1.82) is 0 Å². The molecule has 1 N–H and O–H groups in total. The van der Waals surface area contributed by atoms with E-state index in [-0.39, 0.29) is 5.91 Å². The van der Waals surface area contributed by atoms with Gasteiger partial charge in [-0.1, -0.05) is 13.0 Å². The summed E-state index contributed by atoms with van der Waals surface area (Å²) in [6.07, 6.45) is 7.99. The molecule has 0 bridgehead atoms. The molecule has 1 saturated heterocycles. The highest BCUT2D eigenvalue weighted by Crippen LogP contribution is 2.35. The molecule has 1 aliphatic carbocycles. The minimum absolute atomic E-state index is 0.125. The average molecular weight is 356 g/mol. The fourth-order valence-electron chi connectivity index (χ4n) is 3.97. The number of hydrogen-bond donors (Lipinski definition) is 1. The molecular formula is C20H24N2O2S. The zero-order valence-electron chi connectivity index (χ0n) is 14.6. The van der Waals surface area contributed by atoms with Gasteiger partial charge in [0.15, 0.2) is 0 Å². The molecule has 5 heteroatoms. The molecule has 4 nitrogen and oxygen atoms in total. The van der Waals surface area contributed by atoms with Gasteiger partial charge in [-0.25, -0.2) is 0 Å². The van der Waals surface area contributed by atoms with Crippen molar-refractivity contribution < 1.29 is 9.90 Å². The van der Waals surface area contributed by atoms with Crippen molar-refractivity contribution in [3.05, 3.63) is 51.5 Å². The van der Waals surface area contributed by atoms with Crippen LogP contribution < -0.4 is 0 Å². The summed E-state index contributed by atoms with van der Waals surface area (Å²) in [5, 5.41) is 10.9. The maximum absolute atomic E-state index is 12.9. The molecule has 1 unspecified atom stereocenters. The van der Waals surface area contributed by atoms with E-state index in [1.54, 1.807) is 23.7 Å². The summed E-state index contributed by atoms with van der Waals surface area (Å²) < 4.78 is 0. The van der Waals surface area contributed by atoms with Crippen LogP contribution in [0.1, 0.15) is 51.9 Å². The first kappa shape index (κ1) is 16.7. The van der Waals surface area contributed by atoms with Gasteiger partial charge in [0, 0.05) is 35.9 Å². The third-order valence-corrected chi connectivity index (χ3v) is 6.84. The number of carbonyl (C=O) groups excluding carboxylic acids is 1. The lowest BCUT2D eigenvalue weighted by molar-refractivity contribution is -0.0212. The van der Waals surface area contributed by atoms with Gasteiger partial charge in [-0.05, 0) is 55.7 Å². The van der Waals surface area contributed by atoms with Crippen molar-refractivity contribution >= 4 is 17.2 Å². The molecule has 0 radical (unpaired) electrons. The Bertz CT molecular complexity index is 763. The fourth-order valence-corrected chi connectivity index (χ4v) is 5.15. The quantitative estimate of drug-likeness (QED) is 0.897.